The summed E-state index contributed by atoms with van der Waals surface area (Å²) in [5.74, 6) is -3.07. The van der Waals surface area contributed by atoms with Crippen LogP contribution in [0, 0.1) is 40.5 Å². The summed E-state index contributed by atoms with van der Waals surface area (Å²) >= 11 is 23.6. The van der Waals surface area contributed by atoms with Crippen molar-refractivity contribution in [1.82, 2.24) is 10.2 Å². The SMILES string of the molecule is CN(C)CCCNC(=O)c1cc(NC(=O)c2cc(N(CCCl)CCCl)c([N+](=O)[O-])cc2[N+](=O)[O-])cc(NC(=O)c2cc(N(CCCl)CCCl)c([N+](=O)[O-])cc2[N+](=O)[O-])c1. The third-order valence-electron chi connectivity index (χ3n) is 8.34. The molecule has 0 fully saturated rings. The molecule has 0 radical (unpaired) electrons. The van der Waals surface area contributed by atoms with Gasteiger partial charge in [-0.25, -0.2) is 0 Å². The normalized spacial score (nSPS) is 10.8. The van der Waals surface area contributed by atoms with Crippen LogP contribution in [0.5, 0.6) is 0 Å². The van der Waals surface area contributed by atoms with Crippen molar-refractivity contribution in [3.05, 3.63) is 99.6 Å². The van der Waals surface area contributed by atoms with Crippen LogP contribution in [0.2, 0.25) is 0 Å². The molecule has 0 aliphatic heterocycles. The lowest BCUT2D eigenvalue weighted by Gasteiger charge is -2.23. The van der Waals surface area contributed by atoms with Crippen LogP contribution < -0.4 is 25.8 Å². The minimum absolute atomic E-state index is 0.0193. The average molecular weight is 905 g/mol. The minimum atomic E-state index is -1.15. The third kappa shape index (κ3) is 12.9. The lowest BCUT2D eigenvalue weighted by Crippen LogP contribution is -2.29. The van der Waals surface area contributed by atoms with Gasteiger partial charge >= 0.3 is 0 Å². The molecule has 3 aromatic carbocycles. The zero-order chi connectivity index (χ0) is 44.0. The first-order valence-electron chi connectivity index (χ1n) is 17.4. The topological polar surface area (TPSA) is 270 Å². The molecule has 0 heterocycles. The highest BCUT2D eigenvalue weighted by atomic mass is 35.5. The number of carbonyl (C=O) groups excluding carboxylic acids is 3. The monoisotopic (exact) mass is 902 g/mol. The molecule has 0 aliphatic rings. The second kappa shape index (κ2) is 22.5. The summed E-state index contributed by atoms with van der Waals surface area (Å²) in [6, 6.07) is 6.63. The summed E-state index contributed by atoms with van der Waals surface area (Å²) < 4.78 is 0. The maximum atomic E-state index is 13.8. The summed E-state index contributed by atoms with van der Waals surface area (Å²) in [7, 11) is 3.67. The van der Waals surface area contributed by atoms with Gasteiger partial charge in [-0.1, -0.05) is 0 Å². The van der Waals surface area contributed by atoms with E-state index in [9.17, 15) is 54.8 Å². The highest BCUT2D eigenvalue weighted by molar-refractivity contribution is 6.19. The number of rotatable bonds is 23. The van der Waals surface area contributed by atoms with Gasteiger partial charge in [0, 0.05) is 73.2 Å². The van der Waals surface area contributed by atoms with Gasteiger partial charge in [0.05, 0.1) is 31.8 Å². The second-order valence-corrected chi connectivity index (χ2v) is 14.1. The molecule has 3 aromatic rings. The smallest absolute Gasteiger partial charge is 0.299 e. The molecule has 3 rings (SSSR count). The van der Waals surface area contributed by atoms with E-state index in [2.05, 4.69) is 16.0 Å². The number of anilines is 4. The number of nitro benzene ring substituents is 4. The molecule has 0 unspecified atom stereocenters. The first-order chi connectivity index (χ1) is 28.0. The van der Waals surface area contributed by atoms with Gasteiger partial charge in [0.2, 0.25) is 0 Å². The van der Waals surface area contributed by atoms with Crippen molar-refractivity contribution in [2.24, 2.45) is 0 Å². The van der Waals surface area contributed by atoms with E-state index in [-0.39, 0.29) is 84.6 Å². The van der Waals surface area contributed by atoms with Crippen LogP contribution in [-0.4, -0.2) is 119 Å². The predicted octanol–water partition coefficient (Wildman–Crippen LogP) is 6.07. The van der Waals surface area contributed by atoms with Crippen molar-refractivity contribution < 1.29 is 34.1 Å². The van der Waals surface area contributed by atoms with Crippen LogP contribution in [0.1, 0.15) is 37.5 Å². The number of nitrogens with zero attached hydrogens (tertiary/aromatic N) is 7. The maximum absolute atomic E-state index is 13.8. The van der Waals surface area contributed by atoms with E-state index >= 15 is 0 Å². The van der Waals surface area contributed by atoms with E-state index in [1.807, 2.05) is 19.0 Å². The van der Waals surface area contributed by atoms with Gasteiger partial charge < -0.3 is 30.7 Å². The molecule has 0 aromatic heterocycles. The van der Waals surface area contributed by atoms with E-state index in [0.29, 0.717) is 25.1 Å². The summed E-state index contributed by atoms with van der Waals surface area (Å²) in [4.78, 5) is 90.2. The fourth-order valence-electron chi connectivity index (χ4n) is 5.71. The van der Waals surface area contributed by atoms with Crippen LogP contribution in [0.25, 0.3) is 0 Å². The molecule has 0 saturated carbocycles. The molecule has 3 amide bonds. The second-order valence-electron chi connectivity index (χ2n) is 12.6. The Bertz CT molecular complexity index is 1950. The number of benzene rings is 3. The van der Waals surface area contributed by atoms with Gasteiger partial charge in [-0.2, -0.15) is 0 Å². The van der Waals surface area contributed by atoms with Gasteiger partial charge in [-0.3, -0.25) is 54.8 Å². The standard InChI is InChI=1S/C34H38Cl4N10O11/c1-42(2)9-3-8-39-32(49)21-14-22(40-33(50)24-17-28(43(10-4-35)11-5-36)30(47(56)57)19-26(24)45(52)53)16-23(15-21)41-34(51)25-18-29(44(12-6-37)13-7-38)31(48(58)59)20-27(25)46(54)55/h14-20H,3-13H2,1-2H3,(H,39,49)(H,40,50)(H,41,51). The Morgan fingerprint density at radius 3 is 1.24 bits per heavy atom. The Labute approximate surface area is 356 Å². The summed E-state index contributed by atoms with van der Waals surface area (Å²) in [5.41, 5.74) is -5.46. The van der Waals surface area contributed by atoms with Gasteiger partial charge in [-0.05, 0) is 57.4 Å². The molecule has 0 atom stereocenters. The molecule has 3 N–H and O–H groups in total. The van der Waals surface area contributed by atoms with Crippen LogP contribution in [0.3, 0.4) is 0 Å². The number of nitrogens with one attached hydrogen (secondary N) is 3. The van der Waals surface area contributed by atoms with Gasteiger partial charge in [0.1, 0.15) is 22.5 Å². The number of alkyl halides is 4. The quantitative estimate of drug-likeness (QED) is 0.0422. The lowest BCUT2D eigenvalue weighted by molar-refractivity contribution is -0.394. The zero-order valence-corrected chi connectivity index (χ0v) is 34.5. The van der Waals surface area contributed by atoms with Crippen molar-refractivity contribution in [1.29, 1.82) is 0 Å². The fourth-order valence-corrected chi connectivity index (χ4v) is 6.53. The van der Waals surface area contributed by atoms with Gasteiger partial charge in [0.15, 0.2) is 0 Å². The summed E-state index contributed by atoms with van der Waals surface area (Å²) in [6.45, 7) is 0.906. The van der Waals surface area contributed by atoms with Gasteiger partial charge in [0.25, 0.3) is 40.5 Å². The Balaban J connectivity index is 2.20. The zero-order valence-electron chi connectivity index (χ0n) is 31.5. The van der Waals surface area contributed by atoms with Crippen LogP contribution in [0.15, 0.2) is 42.5 Å². The number of hydrogen-bond acceptors (Lipinski definition) is 14. The maximum Gasteiger partial charge on any atom is 0.299 e. The molecule has 318 valence electrons. The average Bonchev–Trinajstić information content (AvgIpc) is 3.17. The molecule has 59 heavy (non-hydrogen) atoms. The molecule has 0 aliphatic carbocycles. The largest absolute Gasteiger partial charge is 0.364 e. The molecular weight excluding hydrogens is 866 g/mol. The number of carbonyl (C=O) groups is 3. The lowest BCUT2D eigenvalue weighted by atomic mass is 10.1. The molecule has 21 nitrogen and oxygen atoms in total. The number of hydrogen-bond donors (Lipinski definition) is 3. The number of amides is 3. The highest BCUT2D eigenvalue weighted by Gasteiger charge is 2.32. The van der Waals surface area contributed by atoms with Crippen LogP contribution >= 0.6 is 46.4 Å². The van der Waals surface area contributed by atoms with E-state index in [1.165, 1.54) is 21.9 Å². The number of nitro groups is 4. The van der Waals surface area contributed by atoms with Crippen LogP contribution in [-0.2, 0) is 0 Å². The first-order valence-corrected chi connectivity index (χ1v) is 19.5. The van der Waals surface area contributed by atoms with E-state index in [1.54, 1.807) is 0 Å². The van der Waals surface area contributed by atoms with Crippen LogP contribution in [0.4, 0.5) is 45.5 Å². The predicted molar refractivity (Wildman–Crippen MR) is 225 cm³/mol. The van der Waals surface area contributed by atoms with Crippen molar-refractivity contribution in [2.45, 2.75) is 6.42 Å². The number of halogens is 4. The van der Waals surface area contributed by atoms with E-state index < -0.39 is 71.3 Å². The fraction of sp³-hybridized carbons (Fsp3) is 0.382. The van der Waals surface area contributed by atoms with Crippen molar-refractivity contribution >= 4 is 110 Å². The Morgan fingerprint density at radius 1 is 0.542 bits per heavy atom. The molecule has 0 saturated heterocycles. The van der Waals surface area contributed by atoms with Crippen molar-refractivity contribution in [3.63, 3.8) is 0 Å². The Morgan fingerprint density at radius 2 is 0.915 bits per heavy atom. The molecular formula is C34H38Cl4N10O11. The minimum Gasteiger partial charge on any atom is -0.364 e. The van der Waals surface area contributed by atoms with Crippen molar-refractivity contribution in [3.8, 4) is 0 Å². The molecule has 0 bridgehead atoms. The molecule has 25 heteroatoms. The Kier molecular flexibility index (Phi) is 18.2. The summed E-state index contributed by atoms with van der Waals surface area (Å²) in [5, 5.41) is 55.8. The van der Waals surface area contributed by atoms with E-state index in [4.69, 9.17) is 46.4 Å². The molecule has 0 spiro atoms. The highest BCUT2D eigenvalue weighted by Crippen LogP contribution is 2.38. The van der Waals surface area contributed by atoms with Gasteiger partial charge in [-0.15, -0.1) is 46.4 Å². The Hall–Kier alpha value is -5.61. The third-order valence-corrected chi connectivity index (χ3v) is 9.02. The van der Waals surface area contributed by atoms with E-state index in [0.717, 1.165) is 18.2 Å². The first kappa shape index (κ1) is 47.8. The summed E-state index contributed by atoms with van der Waals surface area (Å²) in [6.07, 6.45) is 0.534. The van der Waals surface area contributed by atoms with Crippen molar-refractivity contribution in [2.75, 3.05) is 97.3 Å².